The normalized spacial score (nSPS) is 38.9. The Hall–Kier alpha value is -0.570. The number of carbonyl (C=O) groups excluding carboxylic acids is 1. The molecule has 1 amide bonds. The summed E-state index contributed by atoms with van der Waals surface area (Å²) in [7, 11) is 0. The molecule has 1 aliphatic carbocycles. The fraction of sp³-hybridized carbons (Fsp3) is 0.923. The van der Waals surface area contributed by atoms with Gasteiger partial charge in [0, 0.05) is 6.04 Å². The van der Waals surface area contributed by atoms with Crippen LogP contribution in [0, 0.1) is 5.92 Å². The van der Waals surface area contributed by atoms with Gasteiger partial charge in [0.1, 0.15) is 0 Å². The lowest BCUT2D eigenvalue weighted by Crippen LogP contribution is -2.49. The molecule has 0 spiro atoms. The zero-order valence-electron chi connectivity index (χ0n) is 10.7. The van der Waals surface area contributed by atoms with Crippen molar-refractivity contribution >= 4 is 5.91 Å². The number of nitrogens with zero attached hydrogens (tertiary/aromatic N) is 1. The molecule has 2 rings (SSSR count). The predicted molar refractivity (Wildman–Crippen MR) is 64.9 cm³/mol. The number of nitrogens with one attached hydrogen (secondary N) is 1. The van der Waals surface area contributed by atoms with Gasteiger partial charge in [-0.1, -0.05) is 26.7 Å². The van der Waals surface area contributed by atoms with Gasteiger partial charge in [0.05, 0.1) is 12.2 Å². The molecule has 3 nitrogen and oxygen atoms in total. The summed E-state index contributed by atoms with van der Waals surface area (Å²) in [6.07, 6.45) is 5.94. The minimum absolute atomic E-state index is 0.0888. The molecule has 1 heterocycles. The van der Waals surface area contributed by atoms with Crippen LogP contribution in [0.2, 0.25) is 0 Å². The molecule has 0 aromatic heterocycles. The topological polar surface area (TPSA) is 32.3 Å². The van der Waals surface area contributed by atoms with Crippen molar-refractivity contribution in [3.63, 3.8) is 0 Å². The molecule has 0 aromatic carbocycles. The zero-order chi connectivity index (χ0) is 11.7. The molecule has 2 atom stereocenters. The number of hydrogen-bond acceptors (Lipinski definition) is 2. The van der Waals surface area contributed by atoms with E-state index in [2.05, 4.69) is 31.0 Å². The summed E-state index contributed by atoms with van der Waals surface area (Å²) in [6.45, 7) is 6.56. The lowest BCUT2D eigenvalue weighted by Gasteiger charge is -2.41. The molecular formula is C13H24N2O. The van der Waals surface area contributed by atoms with E-state index in [0.717, 1.165) is 18.8 Å². The maximum Gasteiger partial charge on any atom is 0.241 e. The van der Waals surface area contributed by atoms with Crippen molar-refractivity contribution in [2.75, 3.05) is 0 Å². The van der Waals surface area contributed by atoms with Crippen molar-refractivity contribution in [2.45, 2.75) is 71.1 Å². The Balaban J connectivity index is 1.91. The van der Waals surface area contributed by atoms with E-state index < -0.39 is 0 Å². The standard InChI is InChI=1S/C13H24N2O/c1-4-5-6-12-13(16)15(10(3)14-12)11-7-9(2)8-11/h9-12,14H,4-8H2,1-3H3. The summed E-state index contributed by atoms with van der Waals surface area (Å²) < 4.78 is 0. The Kier molecular flexibility index (Phi) is 3.53. The Bertz CT molecular complexity index is 261. The largest absolute Gasteiger partial charge is 0.323 e. The first kappa shape index (κ1) is 11.9. The van der Waals surface area contributed by atoms with Crippen LogP contribution in [0.5, 0.6) is 0 Å². The monoisotopic (exact) mass is 224 g/mol. The van der Waals surface area contributed by atoms with Gasteiger partial charge in [-0.05, 0) is 32.1 Å². The Morgan fingerprint density at radius 3 is 2.62 bits per heavy atom. The third-order valence-corrected chi connectivity index (χ3v) is 4.00. The van der Waals surface area contributed by atoms with Crippen LogP contribution in [-0.4, -0.2) is 29.1 Å². The maximum absolute atomic E-state index is 12.2. The van der Waals surface area contributed by atoms with Crippen molar-refractivity contribution < 1.29 is 4.79 Å². The summed E-state index contributed by atoms with van der Waals surface area (Å²) in [5.41, 5.74) is 0. The first-order valence-corrected chi connectivity index (χ1v) is 6.71. The molecule has 0 bridgehead atoms. The molecule has 2 aliphatic rings. The minimum Gasteiger partial charge on any atom is -0.323 e. The second kappa shape index (κ2) is 4.74. The van der Waals surface area contributed by atoms with Crippen molar-refractivity contribution in [3.05, 3.63) is 0 Å². The highest BCUT2D eigenvalue weighted by Crippen LogP contribution is 2.34. The summed E-state index contributed by atoms with van der Waals surface area (Å²) in [6, 6.07) is 0.600. The lowest BCUT2D eigenvalue weighted by atomic mass is 9.80. The van der Waals surface area contributed by atoms with Crippen molar-refractivity contribution in [3.8, 4) is 0 Å². The second-order valence-corrected chi connectivity index (χ2v) is 5.51. The first-order valence-electron chi connectivity index (χ1n) is 6.71. The van der Waals surface area contributed by atoms with Crippen LogP contribution in [0.4, 0.5) is 0 Å². The number of carbonyl (C=O) groups is 1. The van der Waals surface area contributed by atoms with Crippen LogP contribution in [0.3, 0.4) is 0 Å². The molecule has 16 heavy (non-hydrogen) atoms. The quantitative estimate of drug-likeness (QED) is 0.793. The lowest BCUT2D eigenvalue weighted by molar-refractivity contribution is -0.134. The highest BCUT2D eigenvalue weighted by atomic mass is 16.2. The van der Waals surface area contributed by atoms with E-state index >= 15 is 0 Å². The SMILES string of the molecule is CCCCC1NC(C)N(C2CC(C)C2)C1=O. The molecule has 2 unspecified atom stereocenters. The smallest absolute Gasteiger partial charge is 0.241 e. The molecule has 1 saturated carbocycles. The summed E-state index contributed by atoms with van der Waals surface area (Å²) >= 11 is 0. The van der Waals surface area contributed by atoms with Crippen molar-refractivity contribution in [2.24, 2.45) is 5.92 Å². The fourth-order valence-electron chi connectivity index (χ4n) is 3.01. The molecule has 2 fully saturated rings. The average Bonchev–Trinajstić information content (AvgIpc) is 2.47. The van der Waals surface area contributed by atoms with Gasteiger partial charge in [-0.15, -0.1) is 0 Å². The van der Waals surface area contributed by atoms with Crippen LogP contribution < -0.4 is 5.32 Å². The van der Waals surface area contributed by atoms with Crippen LogP contribution in [-0.2, 0) is 4.79 Å². The predicted octanol–water partition coefficient (Wildman–Crippen LogP) is 2.12. The Morgan fingerprint density at radius 2 is 2.06 bits per heavy atom. The highest BCUT2D eigenvalue weighted by molar-refractivity contribution is 5.84. The number of hydrogen-bond donors (Lipinski definition) is 1. The van der Waals surface area contributed by atoms with Crippen LogP contribution >= 0.6 is 0 Å². The average molecular weight is 224 g/mol. The van der Waals surface area contributed by atoms with Crippen LogP contribution in [0.1, 0.15) is 52.9 Å². The third-order valence-electron chi connectivity index (χ3n) is 4.00. The van der Waals surface area contributed by atoms with Gasteiger partial charge in [0.15, 0.2) is 0 Å². The fourth-order valence-corrected chi connectivity index (χ4v) is 3.01. The minimum atomic E-state index is 0.0888. The summed E-state index contributed by atoms with van der Waals surface area (Å²) in [5.74, 6) is 1.15. The first-order chi connectivity index (χ1) is 7.63. The molecule has 3 heteroatoms. The van der Waals surface area contributed by atoms with Gasteiger partial charge in [0.25, 0.3) is 0 Å². The van der Waals surface area contributed by atoms with Gasteiger partial charge in [-0.2, -0.15) is 0 Å². The van der Waals surface area contributed by atoms with E-state index in [-0.39, 0.29) is 12.2 Å². The third kappa shape index (κ3) is 2.10. The van der Waals surface area contributed by atoms with Gasteiger partial charge < -0.3 is 4.90 Å². The van der Waals surface area contributed by atoms with E-state index in [0.29, 0.717) is 11.9 Å². The second-order valence-electron chi connectivity index (χ2n) is 5.51. The van der Waals surface area contributed by atoms with E-state index in [9.17, 15) is 4.79 Å². The Morgan fingerprint density at radius 1 is 1.38 bits per heavy atom. The summed E-state index contributed by atoms with van der Waals surface area (Å²) in [5, 5.41) is 3.43. The van der Waals surface area contributed by atoms with Gasteiger partial charge in [-0.3, -0.25) is 10.1 Å². The molecule has 92 valence electrons. The van der Waals surface area contributed by atoms with E-state index in [1.54, 1.807) is 0 Å². The number of unbranched alkanes of at least 4 members (excludes halogenated alkanes) is 1. The zero-order valence-corrected chi connectivity index (χ0v) is 10.7. The molecule has 1 aliphatic heterocycles. The molecule has 0 aromatic rings. The number of rotatable bonds is 4. The van der Waals surface area contributed by atoms with E-state index in [1.165, 1.54) is 19.3 Å². The molecular weight excluding hydrogens is 200 g/mol. The molecule has 0 radical (unpaired) electrons. The van der Waals surface area contributed by atoms with Gasteiger partial charge in [-0.25, -0.2) is 0 Å². The number of amides is 1. The van der Waals surface area contributed by atoms with E-state index in [4.69, 9.17) is 0 Å². The van der Waals surface area contributed by atoms with Gasteiger partial charge in [0.2, 0.25) is 5.91 Å². The van der Waals surface area contributed by atoms with Crippen LogP contribution in [0.15, 0.2) is 0 Å². The van der Waals surface area contributed by atoms with Crippen molar-refractivity contribution in [1.29, 1.82) is 0 Å². The van der Waals surface area contributed by atoms with Crippen molar-refractivity contribution in [1.82, 2.24) is 10.2 Å². The summed E-state index contributed by atoms with van der Waals surface area (Å²) in [4.78, 5) is 14.3. The molecule has 1 N–H and O–H groups in total. The van der Waals surface area contributed by atoms with E-state index in [1.807, 2.05) is 0 Å². The Labute approximate surface area is 98.6 Å². The highest BCUT2D eigenvalue weighted by Gasteiger charge is 2.43. The maximum atomic E-state index is 12.2. The molecule has 1 saturated heterocycles. The van der Waals surface area contributed by atoms with Gasteiger partial charge >= 0.3 is 0 Å². The van der Waals surface area contributed by atoms with Crippen LogP contribution in [0.25, 0.3) is 0 Å².